The Balaban J connectivity index is 1.30. The predicted molar refractivity (Wildman–Crippen MR) is 168 cm³/mol. The van der Waals surface area contributed by atoms with Crippen LogP contribution in [0.4, 0.5) is 0 Å². The third-order valence-corrected chi connectivity index (χ3v) is 8.47. The van der Waals surface area contributed by atoms with Gasteiger partial charge in [0.2, 0.25) is 0 Å². The minimum absolute atomic E-state index is 0.107. The van der Waals surface area contributed by atoms with Crippen molar-refractivity contribution in [3.05, 3.63) is 94.0 Å². The van der Waals surface area contributed by atoms with Crippen LogP contribution in [0.3, 0.4) is 0 Å². The van der Waals surface area contributed by atoms with Crippen LogP contribution in [0, 0.1) is 0 Å². The molecule has 0 radical (unpaired) electrons. The summed E-state index contributed by atoms with van der Waals surface area (Å²) in [7, 11) is 0. The normalized spacial score (nSPS) is 15.7. The van der Waals surface area contributed by atoms with Crippen molar-refractivity contribution in [3.63, 3.8) is 0 Å². The summed E-state index contributed by atoms with van der Waals surface area (Å²) in [5.41, 5.74) is 3.24. The molecular weight excluding hydrogens is 555 g/mol. The molecule has 0 spiro atoms. The maximum absolute atomic E-state index is 13.3. The average molecular weight is 596 g/mol. The lowest BCUT2D eigenvalue weighted by atomic mass is 9.76. The second-order valence-corrected chi connectivity index (χ2v) is 12.1. The molecule has 0 aromatic heterocycles. The lowest BCUT2D eigenvalue weighted by molar-refractivity contribution is -0.145. The van der Waals surface area contributed by atoms with Crippen LogP contribution in [0.1, 0.15) is 68.3 Å². The van der Waals surface area contributed by atoms with Crippen molar-refractivity contribution in [2.45, 2.75) is 63.8 Å². The SMILES string of the molecule is CCCOC(=O)CC(C)(CCCN1CCC(NC(=O)c2cc(Cl)ccc2-c2ccc(Cl)cc2)CC1)c1ccccc1. The lowest BCUT2D eigenvalue weighted by Gasteiger charge is -2.34. The van der Waals surface area contributed by atoms with Gasteiger partial charge in [0.15, 0.2) is 0 Å². The second-order valence-electron chi connectivity index (χ2n) is 11.2. The van der Waals surface area contributed by atoms with Gasteiger partial charge in [-0.05, 0) is 79.6 Å². The molecule has 3 aromatic rings. The Morgan fingerprint density at radius 3 is 2.34 bits per heavy atom. The minimum Gasteiger partial charge on any atom is -0.466 e. The number of nitrogens with one attached hydrogen (secondary N) is 1. The van der Waals surface area contributed by atoms with E-state index in [4.69, 9.17) is 27.9 Å². The fraction of sp³-hybridized carbons (Fsp3) is 0.412. The van der Waals surface area contributed by atoms with Gasteiger partial charge in [-0.3, -0.25) is 9.59 Å². The zero-order chi connectivity index (χ0) is 29.2. The van der Waals surface area contributed by atoms with Crippen LogP contribution in [0.5, 0.6) is 0 Å². The Morgan fingerprint density at radius 2 is 1.66 bits per heavy atom. The standard InChI is InChI=1S/C34H40Cl2N2O3/c1-3-22-41-32(39)24-34(2,26-8-5-4-6-9-26)18-7-19-38-20-16-29(17-21-38)37-33(40)31-23-28(36)14-15-30(31)25-10-12-27(35)13-11-25/h4-6,8-15,23,29H,3,7,16-22,24H2,1-2H3,(H,37,40). The Hall–Kier alpha value is -2.86. The van der Waals surface area contributed by atoms with Crippen LogP contribution in [-0.2, 0) is 14.9 Å². The van der Waals surface area contributed by atoms with Crippen LogP contribution in [0.2, 0.25) is 10.0 Å². The number of hydrogen-bond donors (Lipinski definition) is 1. The summed E-state index contributed by atoms with van der Waals surface area (Å²) >= 11 is 12.3. The van der Waals surface area contributed by atoms with Crippen molar-refractivity contribution >= 4 is 35.1 Å². The molecule has 1 saturated heterocycles. The van der Waals surface area contributed by atoms with Gasteiger partial charge in [0.1, 0.15) is 0 Å². The zero-order valence-electron chi connectivity index (χ0n) is 24.0. The van der Waals surface area contributed by atoms with Gasteiger partial charge in [-0.15, -0.1) is 0 Å². The Kier molecular flexibility index (Phi) is 11.3. The Morgan fingerprint density at radius 1 is 0.976 bits per heavy atom. The summed E-state index contributed by atoms with van der Waals surface area (Å²) in [6.07, 6.45) is 4.87. The van der Waals surface area contributed by atoms with E-state index in [1.54, 1.807) is 12.1 Å². The third kappa shape index (κ3) is 8.81. The molecule has 0 bridgehead atoms. The highest BCUT2D eigenvalue weighted by atomic mass is 35.5. The van der Waals surface area contributed by atoms with E-state index in [0.717, 1.165) is 62.9 Å². The summed E-state index contributed by atoms with van der Waals surface area (Å²) in [5.74, 6) is -0.238. The van der Waals surface area contributed by atoms with Crippen molar-refractivity contribution in [1.82, 2.24) is 10.2 Å². The number of rotatable bonds is 12. The van der Waals surface area contributed by atoms with Gasteiger partial charge in [0, 0.05) is 40.2 Å². The first-order valence-electron chi connectivity index (χ1n) is 14.6. The fourth-order valence-corrected chi connectivity index (χ4v) is 5.90. The topological polar surface area (TPSA) is 58.6 Å². The number of nitrogens with zero attached hydrogens (tertiary/aromatic N) is 1. The van der Waals surface area contributed by atoms with E-state index in [9.17, 15) is 9.59 Å². The molecule has 1 aliphatic rings. The molecular formula is C34H40Cl2N2O3. The quantitative estimate of drug-likeness (QED) is 0.216. The van der Waals surface area contributed by atoms with Gasteiger partial charge in [-0.1, -0.05) is 85.6 Å². The number of likely N-dealkylation sites (tertiary alicyclic amines) is 1. The molecule has 1 fully saturated rings. The first-order chi connectivity index (χ1) is 19.8. The summed E-state index contributed by atoms with van der Waals surface area (Å²) in [5, 5.41) is 4.43. The number of piperidine rings is 1. The second kappa shape index (κ2) is 14.9. The number of carbonyl (C=O) groups is 2. The zero-order valence-corrected chi connectivity index (χ0v) is 25.5. The number of hydrogen-bond acceptors (Lipinski definition) is 4. The molecule has 0 saturated carbocycles. The number of ether oxygens (including phenoxy) is 1. The monoisotopic (exact) mass is 594 g/mol. The maximum atomic E-state index is 13.3. The van der Waals surface area contributed by atoms with Crippen LogP contribution in [-0.4, -0.2) is 49.1 Å². The Bertz CT molecular complexity index is 1290. The highest BCUT2D eigenvalue weighted by Gasteiger charge is 2.31. The fourth-order valence-electron chi connectivity index (χ4n) is 5.60. The molecule has 3 aromatic carbocycles. The molecule has 5 nitrogen and oxygen atoms in total. The first-order valence-corrected chi connectivity index (χ1v) is 15.3. The van der Waals surface area contributed by atoms with Gasteiger partial charge in [0.05, 0.1) is 13.0 Å². The molecule has 7 heteroatoms. The molecule has 1 aliphatic heterocycles. The molecule has 1 heterocycles. The highest BCUT2D eigenvalue weighted by molar-refractivity contribution is 6.31. The summed E-state index contributed by atoms with van der Waals surface area (Å²) in [6.45, 7) is 7.45. The van der Waals surface area contributed by atoms with Gasteiger partial charge in [-0.2, -0.15) is 0 Å². The van der Waals surface area contributed by atoms with Crippen molar-refractivity contribution in [3.8, 4) is 11.1 Å². The van der Waals surface area contributed by atoms with Crippen LogP contribution in [0.25, 0.3) is 11.1 Å². The van der Waals surface area contributed by atoms with E-state index in [1.165, 1.54) is 5.56 Å². The van der Waals surface area contributed by atoms with E-state index in [0.29, 0.717) is 28.6 Å². The summed E-state index contributed by atoms with van der Waals surface area (Å²) < 4.78 is 5.43. The molecule has 218 valence electrons. The van der Waals surface area contributed by atoms with E-state index < -0.39 is 0 Å². The van der Waals surface area contributed by atoms with Crippen LogP contribution < -0.4 is 5.32 Å². The minimum atomic E-state index is -0.267. The number of amides is 1. The van der Waals surface area contributed by atoms with Gasteiger partial charge in [0.25, 0.3) is 5.91 Å². The third-order valence-electron chi connectivity index (χ3n) is 7.98. The van der Waals surface area contributed by atoms with E-state index in [-0.39, 0.29) is 23.3 Å². The Labute approximate surface area is 254 Å². The molecule has 41 heavy (non-hydrogen) atoms. The van der Waals surface area contributed by atoms with Crippen molar-refractivity contribution in [2.75, 3.05) is 26.2 Å². The molecule has 4 rings (SSSR count). The molecule has 1 amide bonds. The van der Waals surface area contributed by atoms with Gasteiger partial charge >= 0.3 is 5.97 Å². The smallest absolute Gasteiger partial charge is 0.306 e. The number of halogens is 2. The number of esters is 1. The van der Waals surface area contributed by atoms with E-state index >= 15 is 0 Å². The van der Waals surface area contributed by atoms with Crippen molar-refractivity contribution < 1.29 is 14.3 Å². The predicted octanol–water partition coefficient (Wildman–Crippen LogP) is 7.94. The first kappa shape index (κ1) is 31.1. The molecule has 1 N–H and O–H groups in total. The summed E-state index contributed by atoms with van der Waals surface area (Å²) in [4.78, 5) is 28.3. The maximum Gasteiger partial charge on any atom is 0.306 e. The molecule has 1 atom stereocenters. The number of benzene rings is 3. The lowest BCUT2D eigenvalue weighted by Crippen LogP contribution is -2.45. The van der Waals surface area contributed by atoms with Crippen LogP contribution >= 0.6 is 23.2 Å². The average Bonchev–Trinajstić information content (AvgIpc) is 2.98. The molecule has 0 aliphatic carbocycles. The van der Waals surface area contributed by atoms with Gasteiger partial charge < -0.3 is 15.0 Å². The van der Waals surface area contributed by atoms with Gasteiger partial charge in [-0.25, -0.2) is 0 Å². The van der Waals surface area contributed by atoms with E-state index in [1.807, 2.05) is 55.5 Å². The largest absolute Gasteiger partial charge is 0.466 e. The highest BCUT2D eigenvalue weighted by Crippen LogP contribution is 2.33. The molecule has 1 unspecified atom stereocenters. The van der Waals surface area contributed by atoms with Crippen molar-refractivity contribution in [1.29, 1.82) is 0 Å². The number of carbonyl (C=O) groups excluding carboxylic acids is 2. The van der Waals surface area contributed by atoms with Crippen LogP contribution in [0.15, 0.2) is 72.8 Å². The van der Waals surface area contributed by atoms with E-state index in [2.05, 4.69) is 29.3 Å². The summed E-state index contributed by atoms with van der Waals surface area (Å²) in [6, 6.07) is 23.3. The van der Waals surface area contributed by atoms with Crippen molar-refractivity contribution in [2.24, 2.45) is 0 Å².